The first-order valence-corrected chi connectivity index (χ1v) is 8.56. The van der Waals surface area contributed by atoms with Crippen molar-refractivity contribution in [2.75, 3.05) is 32.8 Å². The van der Waals surface area contributed by atoms with Gasteiger partial charge in [0.25, 0.3) is 0 Å². The van der Waals surface area contributed by atoms with Crippen LogP contribution in [-0.4, -0.2) is 51.7 Å². The highest BCUT2D eigenvalue weighted by molar-refractivity contribution is 7.89. The van der Waals surface area contributed by atoms with Crippen LogP contribution in [0.1, 0.15) is 13.3 Å². The summed E-state index contributed by atoms with van der Waals surface area (Å²) in [6.07, 6.45) is 0.676. The first kappa shape index (κ1) is 19.2. The zero-order chi connectivity index (χ0) is 15.3. The highest BCUT2D eigenvalue weighted by Crippen LogP contribution is 2.21. The summed E-state index contributed by atoms with van der Waals surface area (Å²) in [6.45, 7) is 3.98. The summed E-state index contributed by atoms with van der Waals surface area (Å²) in [6, 6.07) is 6.52. The number of nitrogens with two attached hydrogens (primary N) is 1. The molecule has 1 aliphatic rings. The molecule has 0 aromatic heterocycles. The van der Waals surface area contributed by atoms with Crippen LogP contribution in [0, 0.1) is 0 Å². The standard InChI is InChI=1S/C14H22N2O4S.ClH/c1-2-8-19-12-3-5-14(6-4-12)21(17,18)16-7-9-20-13(10-15)11-16;/h3-6,13H,2,7-11,15H2,1H3;1H. The van der Waals surface area contributed by atoms with Crippen molar-refractivity contribution in [3.63, 3.8) is 0 Å². The van der Waals surface area contributed by atoms with Crippen LogP contribution in [0.2, 0.25) is 0 Å². The molecule has 126 valence electrons. The molecule has 6 nitrogen and oxygen atoms in total. The van der Waals surface area contributed by atoms with E-state index in [4.69, 9.17) is 15.2 Å². The minimum Gasteiger partial charge on any atom is -0.494 e. The third-order valence-electron chi connectivity index (χ3n) is 3.30. The van der Waals surface area contributed by atoms with Crippen molar-refractivity contribution in [3.05, 3.63) is 24.3 Å². The molecular formula is C14H23ClN2O4S. The molecule has 1 aliphatic heterocycles. The van der Waals surface area contributed by atoms with Gasteiger partial charge in [0, 0.05) is 19.6 Å². The molecule has 0 saturated carbocycles. The van der Waals surface area contributed by atoms with Crippen LogP contribution in [0.25, 0.3) is 0 Å². The Morgan fingerprint density at radius 2 is 2.05 bits per heavy atom. The fraction of sp³-hybridized carbons (Fsp3) is 0.571. The molecule has 1 aromatic rings. The lowest BCUT2D eigenvalue weighted by Crippen LogP contribution is -2.48. The summed E-state index contributed by atoms with van der Waals surface area (Å²) in [4.78, 5) is 0.268. The zero-order valence-corrected chi connectivity index (χ0v) is 14.2. The summed E-state index contributed by atoms with van der Waals surface area (Å²) in [5.41, 5.74) is 5.55. The minimum absolute atomic E-state index is 0. The smallest absolute Gasteiger partial charge is 0.243 e. The summed E-state index contributed by atoms with van der Waals surface area (Å²) >= 11 is 0. The number of benzene rings is 1. The molecule has 0 aliphatic carbocycles. The van der Waals surface area contributed by atoms with Gasteiger partial charge in [-0.25, -0.2) is 8.42 Å². The van der Waals surface area contributed by atoms with E-state index < -0.39 is 10.0 Å². The van der Waals surface area contributed by atoms with Gasteiger partial charge in [-0.15, -0.1) is 12.4 Å². The first-order chi connectivity index (χ1) is 10.1. The Bertz CT molecular complexity index is 550. The molecule has 2 N–H and O–H groups in total. The lowest BCUT2D eigenvalue weighted by Gasteiger charge is -2.31. The van der Waals surface area contributed by atoms with Gasteiger partial charge in [0.15, 0.2) is 0 Å². The molecule has 0 spiro atoms. The van der Waals surface area contributed by atoms with Crippen molar-refractivity contribution in [2.45, 2.75) is 24.3 Å². The van der Waals surface area contributed by atoms with Crippen molar-refractivity contribution in [3.8, 4) is 5.75 Å². The Morgan fingerprint density at radius 3 is 2.64 bits per heavy atom. The maximum atomic E-state index is 12.6. The van der Waals surface area contributed by atoms with Crippen LogP contribution in [0.4, 0.5) is 0 Å². The number of hydrogen-bond acceptors (Lipinski definition) is 5. The van der Waals surface area contributed by atoms with E-state index in [-0.39, 0.29) is 23.4 Å². The van der Waals surface area contributed by atoms with E-state index in [2.05, 4.69) is 0 Å². The van der Waals surface area contributed by atoms with Gasteiger partial charge in [-0.3, -0.25) is 0 Å². The minimum atomic E-state index is -3.50. The Morgan fingerprint density at radius 1 is 1.36 bits per heavy atom. The molecule has 0 bridgehead atoms. The topological polar surface area (TPSA) is 81.9 Å². The number of hydrogen-bond donors (Lipinski definition) is 1. The van der Waals surface area contributed by atoms with Gasteiger partial charge in [-0.2, -0.15) is 4.31 Å². The first-order valence-electron chi connectivity index (χ1n) is 7.12. The predicted molar refractivity (Wildman–Crippen MR) is 87.0 cm³/mol. The number of rotatable bonds is 6. The Kier molecular flexibility index (Phi) is 7.58. The average molecular weight is 351 g/mol. The van der Waals surface area contributed by atoms with Gasteiger partial charge in [0.2, 0.25) is 10.0 Å². The maximum absolute atomic E-state index is 12.6. The SMILES string of the molecule is CCCOc1ccc(S(=O)(=O)N2CCOC(CN)C2)cc1.Cl. The van der Waals surface area contributed by atoms with Crippen molar-refractivity contribution in [2.24, 2.45) is 5.73 Å². The summed E-state index contributed by atoms with van der Waals surface area (Å²) in [5, 5.41) is 0. The van der Waals surface area contributed by atoms with Gasteiger partial charge in [0.1, 0.15) is 5.75 Å². The van der Waals surface area contributed by atoms with Gasteiger partial charge in [0.05, 0.1) is 24.2 Å². The van der Waals surface area contributed by atoms with E-state index in [1.807, 2.05) is 6.92 Å². The monoisotopic (exact) mass is 350 g/mol. The largest absolute Gasteiger partial charge is 0.494 e. The van der Waals surface area contributed by atoms with Crippen LogP contribution >= 0.6 is 12.4 Å². The average Bonchev–Trinajstić information content (AvgIpc) is 2.53. The van der Waals surface area contributed by atoms with E-state index in [1.54, 1.807) is 24.3 Å². The lowest BCUT2D eigenvalue weighted by molar-refractivity contribution is 0.00450. The predicted octanol–water partition coefficient (Wildman–Crippen LogP) is 1.25. The van der Waals surface area contributed by atoms with Crippen molar-refractivity contribution in [1.82, 2.24) is 4.31 Å². The number of sulfonamides is 1. The molecule has 1 fully saturated rings. The molecule has 0 radical (unpaired) electrons. The number of nitrogens with zero attached hydrogens (tertiary/aromatic N) is 1. The number of ether oxygens (including phenoxy) is 2. The van der Waals surface area contributed by atoms with Crippen molar-refractivity contribution >= 4 is 22.4 Å². The highest BCUT2D eigenvalue weighted by Gasteiger charge is 2.30. The van der Waals surface area contributed by atoms with E-state index in [9.17, 15) is 8.42 Å². The van der Waals surface area contributed by atoms with Gasteiger partial charge in [-0.1, -0.05) is 6.92 Å². The quantitative estimate of drug-likeness (QED) is 0.834. The fourth-order valence-corrected chi connectivity index (χ4v) is 3.59. The number of morpholine rings is 1. The molecule has 1 unspecified atom stereocenters. The number of halogens is 1. The van der Waals surface area contributed by atoms with Crippen LogP contribution in [0.3, 0.4) is 0 Å². The lowest BCUT2D eigenvalue weighted by atomic mass is 10.3. The molecular weight excluding hydrogens is 328 g/mol. The van der Waals surface area contributed by atoms with Crippen LogP contribution in [-0.2, 0) is 14.8 Å². The Labute approximate surface area is 138 Å². The third-order valence-corrected chi connectivity index (χ3v) is 5.18. The van der Waals surface area contributed by atoms with Crippen LogP contribution in [0.5, 0.6) is 5.75 Å². The second-order valence-corrected chi connectivity index (χ2v) is 6.85. The molecule has 1 atom stereocenters. The molecule has 0 amide bonds. The Balaban J connectivity index is 0.00000242. The molecule has 1 aromatic carbocycles. The summed E-state index contributed by atoms with van der Waals surface area (Å²) in [5.74, 6) is 0.678. The van der Waals surface area contributed by atoms with E-state index in [1.165, 1.54) is 4.31 Å². The van der Waals surface area contributed by atoms with Crippen LogP contribution in [0.15, 0.2) is 29.2 Å². The van der Waals surface area contributed by atoms with Gasteiger partial charge < -0.3 is 15.2 Å². The zero-order valence-electron chi connectivity index (χ0n) is 12.6. The van der Waals surface area contributed by atoms with E-state index in [0.717, 1.165) is 6.42 Å². The van der Waals surface area contributed by atoms with Crippen molar-refractivity contribution < 1.29 is 17.9 Å². The van der Waals surface area contributed by atoms with Gasteiger partial charge in [-0.05, 0) is 30.7 Å². The van der Waals surface area contributed by atoms with Crippen molar-refractivity contribution in [1.29, 1.82) is 0 Å². The molecule has 22 heavy (non-hydrogen) atoms. The van der Waals surface area contributed by atoms with Gasteiger partial charge >= 0.3 is 0 Å². The second-order valence-electron chi connectivity index (χ2n) is 4.91. The second kappa shape index (κ2) is 8.69. The molecule has 8 heteroatoms. The third kappa shape index (κ3) is 4.57. The maximum Gasteiger partial charge on any atom is 0.243 e. The molecule has 2 rings (SSSR count). The van der Waals surface area contributed by atoms with E-state index >= 15 is 0 Å². The normalized spacial score (nSPS) is 19.5. The highest BCUT2D eigenvalue weighted by atomic mass is 35.5. The molecule has 1 saturated heterocycles. The van der Waals surface area contributed by atoms with Crippen LogP contribution < -0.4 is 10.5 Å². The Hall–Kier alpha value is -0.860. The van der Waals surface area contributed by atoms with E-state index in [0.29, 0.717) is 38.6 Å². The fourth-order valence-electron chi connectivity index (χ4n) is 2.13. The summed E-state index contributed by atoms with van der Waals surface area (Å²) < 4.78 is 37.4. The summed E-state index contributed by atoms with van der Waals surface area (Å²) in [7, 11) is -3.50. The molecule has 1 heterocycles.